The van der Waals surface area contributed by atoms with E-state index in [4.69, 9.17) is 4.74 Å². The van der Waals surface area contributed by atoms with E-state index in [9.17, 15) is 4.79 Å². The van der Waals surface area contributed by atoms with Gasteiger partial charge in [-0.3, -0.25) is 9.48 Å². The predicted molar refractivity (Wildman–Crippen MR) is 81.8 cm³/mol. The molecule has 20 heavy (non-hydrogen) atoms. The van der Waals surface area contributed by atoms with Gasteiger partial charge in [0.1, 0.15) is 5.78 Å². The van der Waals surface area contributed by atoms with Crippen molar-refractivity contribution >= 4 is 21.7 Å². The molecular formula is C15H23BrN2O2. The van der Waals surface area contributed by atoms with Crippen LogP contribution in [0, 0.1) is 0 Å². The van der Waals surface area contributed by atoms with Crippen LogP contribution in [0.1, 0.15) is 50.4 Å². The highest BCUT2D eigenvalue weighted by Gasteiger charge is 2.18. The maximum Gasteiger partial charge on any atom is 0.138 e. The average Bonchev–Trinajstić information content (AvgIpc) is 2.73. The number of aryl methyl sites for hydroxylation is 2. The molecule has 1 unspecified atom stereocenters. The quantitative estimate of drug-likeness (QED) is 0.797. The van der Waals surface area contributed by atoms with Gasteiger partial charge in [0.25, 0.3) is 0 Å². The molecule has 0 aliphatic carbocycles. The van der Waals surface area contributed by atoms with Gasteiger partial charge in [0.2, 0.25) is 0 Å². The zero-order chi connectivity index (χ0) is 14.5. The number of rotatable bonds is 6. The van der Waals surface area contributed by atoms with Crippen LogP contribution in [0.3, 0.4) is 0 Å². The van der Waals surface area contributed by atoms with Crippen LogP contribution in [0.15, 0.2) is 4.47 Å². The fourth-order valence-electron chi connectivity index (χ4n) is 2.64. The Morgan fingerprint density at radius 2 is 2.30 bits per heavy atom. The number of ether oxygens (including phenoxy) is 1. The van der Waals surface area contributed by atoms with Crippen LogP contribution in [-0.4, -0.2) is 28.3 Å². The molecular weight excluding hydrogens is 320 g/mol. The first-order valence-corrected chi connectivity index (χ1v) is 8.24. The van der Waals surface area contributed by atoms with Crippen LogP contribution in [0.25, 0.3) is 0 Å². The van der Waals surface area contributed by atoms with Crippen LogP contribution < -0.4 is 0 Å². The molecule has 4 nitrogen and oxygen atoms in total. The number of aromatic nitrogens is 2. The first kappa shape index (κ1) is 15.7. The number of hydrogen-bond donors (Lipinski definition) is 0. The Kier molecular flexibility index (Phi) is 5.78. The van der Waals surface area contributed by atoms with Crippen molar-refractivity contribution < 1.29 is 9.53 Å². The topological polar surface area (TPSA) is 44.1 Å². The van der Waals surface area contributed by atoms with Crippen molar-refractivity contribution in [2.75, 3.05) is 6.61 Å². The Morgan fingerprint density at radius 1 is 1.50 bits per heavy atom. The van der Waals surface area contributed by atoms with Crippen molar-refractivity contribution in [2.45, 2.75) is 58.0 Å². The molecule has 1 aromatic rings. The van der Waals surface area contributed by atoms with E-state index >= 15 is 0 Å². The maximum atomic E-state index is 12.1. The Labute approximate surface area is 129 Å². The molecule has 1 aromatic heterocycles. The molecule has 1 saturated heterocycles. The van der Waals surface area contributed by atoms with Gasteiger partial charge in [-0.25, -0.2) is 0 Å². The summed E-state index contributed by atoms with van der Waals surface area (Å²) in [6.45, 7) is 2.92. The minimum Gasteiger partial charge on any atom is -0.378 e. The molecule has 1 fully saturated rings. The molecule has 1 aliphatic heterocycles. The molecule has 0 bridgehead atoms. The van der Waals surface area contributed by atoms with Crippen molar-refractivity contribution in [3.63, 3.8) is 0 Å². The molecule has 1 atom stereocenters. The van der Waals surface area contributed by atoms with E-state index in [-0.39, 0.29) is 11.9 Å². The van der Waals surface area contributed by atoms with Crippen LogP contribution >= 0.6 is 15.9 Å². The molecule has 0 saturated carbocycles. The van der Waals surface area contributed by atoms with E-state index in [0.29, 0.717) is 12.8 Å². The minimum atomic E-state index is 0.269. The first-order chi connectivity index (χ1) is 9.61. The molecule has 2 rings (SSSR count). The zero-order valence-corrected chi connectivity index (χ0v) is 13.9. The normalized spacial score (nSPS) is 19.2. The van der Waals surface area contributed by atoms with E-state index in [1.54, 1.807) is 0 Å². The van der Waals surface area contributed by atoms with Gasteiger partial charge in [0, 0.05) is 26.5 Å². The highest BCUT2D eigenvalue weighted by Crippen LogP contribution is 2.23. The van der Waals surface area contributed by atoms with E-state index in [1.807, 2.05) is 11.7 Å². The third-order valence-corrected chi connectivity index (χ3v) is 4.80. The van der Waals surface area contributed by atoms with Gasteiger partial charge in [0.15, 0.2) is 0 Å². The summed E-state index contributed by atoms with van der Waals surface area (Å²) in [5.74, 6) is 0.269. The number of carbonyl (C=O) groups is 1. The SMILES string of the molecule is CCc1nn(C)c(CC(=O)CCC2CCCCO2)c1Br. The van der Waals surface area contributed by atoms with Crippen molar-refractivity contribution in [2.24, 2.45) is 7.05 Å². The summed E-state index contributed by atoms with van der Waals surface area (Å²) in [6.07, 6.45) is 6.56. The third kappa shape index (κ3) is 3.92. The number of nitrogens with zero attached hydrogens (tertiary/aromatic N) is 2. The molecule has 2 heterocycles. The van der Waals surface area contributed by atoms with Crippen molar-refractivity contribution in [1.29, 1.82) is 0 Å². The summed E-state index contributed by atoms with van der Waals surface area (Å²) < 4.78 is 8.48. The summed E-state index contributed by atoms with van der Waals surface area (Å²) >= 11 is 3.56. The van der Waals surface area contributed by atoms with E-state index in [0.717, 1.165) is 48.2 Å². The lowest BCUT2D eigenvalue weighted by atomic mass is 10.0. The van der Waals surface area contributed by atoms with Crippen molar-refractivity contribution in [3.05, 3.63) is 15.9 Å². The molecule has 0 N–H and O–H groups in total. The third-order valence-electron chi connectivity index (χ3n) is 3.89. The molecule has 0 aromatic carbocycles. The average molecular weight is 343 g/mol. The Morgan fingerprint density at radius 3 is 2.90 bits per heavy atom. The van der Waals surface area contributed by atoms with Crippen LogP contribution in [-0.2, 0) is 29.4 Å². The van der Waals surface area contributed by atoms with Gasteiger partial charge in [-0.2, -0.15) is 5.10 Å². The second-order valence-corrected chi connectivity index (χ2v) is 6.22. The van der Waals surface area contributed by atoms with E-state index < -0.39 is 0 Å². The van der Waals surface area contributed by atoms with E-state index in [1.165, 1.54) is 6.42 Å². The first-order valence-electron chi connectivity index (χ1n) is 7.45. The smallest absolute Gasteiger partial charge is 0.138 e. The number of halogens is 1. The second-order valence-electron chi connectivity index (χ2n) is 5.43. The molecule has 0 radical (unpaired) electrons. The zero-order valence-electron chi connectivity index (χ0n) is 12.3. The molecule has 112 valence electrons. The lowest BCUT2D eigenvalue weighted by Gasteiger charge is -2.22. The highest BCUT2D eigenvalue weighted by atomic mass is 79.9. The van der Waals surface area contributed by atoms with Gasteiger partial charge in [0.05, 0.1) is 22.0 Å². The number of hydrogen-bond acceptors (Lipinski definition) is 3. The number of Topliss-reactive ketones (excluding diaryl/α,β-unsaturated/α-hetero) is 1. The molecule has 0 amide bonds. The fourth-order valence-corrected chi connectivity index (χ4v) is 3.40. The van der Waals surface area contributed by atoms with Gasteiger partial charge in [-0.05, 0) is 48.0 Å². The maximum absolute atomic E-state index is 12.1. The molecule has 1 aliphatic rings. The largest absolute Gasteiger partial charge is 0.378 e. The second kappa shape index (κ2) is 7.36. The van der Waals surface area contributed by atoms with Crippen LogP contribution in [0.5, 0.6) is 0 Å². The Hall–Kier alpha value is -0.680. The summed E-state index contributed by atoms with van der Waals surface area (Å²) in [6, 6.07) is 0. The van der Waals surface area contributed by atoms with E-state index in [2.05, 4.69) is 28.0 Å². The standard InChI is InChI=1S/C15H23BrN2O2/c1-3-13-15(16)14(18(2)17-13)10-11(19)7-8-12-6-4-5-9-20-12/h12H,3-10H2,1-2H3. The summed E-state index contributed by atoms with van der Waals surface area (Å²) in [7, 11) is 1.90. The monoisotopic (exact) mass is 342 g/mol. The minimum absolute atomic E-state index is 0.269. The fraction of sp³-hybridized carbons (Fsp3) is 0.733. The summed E-state index contributed by atoms with van der Waals surface area (Å²) in [4.78, 5) is 12.1. The summed E-state index contributed by atoms with van der Waals surface area (Å²) in [5, 5.41) is 4.42. The van der Waals surface area contributed by atoms with Gasteiger partial charge >= 0.3 is 0 Å². The Balaban J connectivity index is 1.86. The molecule has 5 heteroatoms. The van der Waals surface area contributed by atoms with Gasteiger partial charge < -0.3 is 4.74 Å². The number of carbonyl (C=O) groups excluding carboxylic acids is 1. The summed E-state index contributed by atoms with van der Waals surface area (Å²) in [5.41, 5.74) is 2.00. The van der Waals surface area contributed by atoms with Gasteiger partial charge in [-0.1, -0.05) is 6.92 Å². The van der Waals surface area contributed by atoms with Crippen molar-refractivity contribution in [3.8, 4) is 0 Å². The van der Waals surface area contributed by atoms with Gasteiger partial charge in [-0.15, -0.1) is 0 Å². The lowest BCUT2D eigenvalue weighted by molar-refractivity contribution is -0.119. The lowest BCUT2D eigenvalue weighted by Crippen LogP contribution is -2.20. The van der Waals surface area contributed by atoms with Crippen LogP contribution in [0.2, 0.25) is 0 Å². The number of ketones is 1. The van der Waals surface area contributed by atoms with Crippen LogP contribution in [0.4, 0.5) is 0 Å². The van der Waals surface area contributed by atoms with Crippen molar-refractivity contribution in [1.82, 2.24) is 9.78 Å². The molecule has 0 spiro atoms. The Bertz CT molecular complexity index is 465. The predicted octanol–water partition coefficient (Wildman–Crippen LogP) is 3.21. The highest BCUT2D eigenvalue weighted by molar-refractivity contribution is 9.10.